The summed E-state index contributed by atoms with van der Waals surface area (Å²) in [5.41, 5.74) is 5.99. The molecule has 0 aliphatic rings. The summed E-state index contributed by atoms with van der Waals surface area (Å²) in [6, 6.07) is 0.143. The van der Waals surface area contributed by atoms with Gasteiger partial charge in [-0.15, -0.1) is 0 Å². The fraction of sp³-hybridized carbons (Fsp3) is 1.00. The fourth-order valence-corrected chi connectivity index (χ4v) is 1.78. The Bertz CT molecular complexity index is 157. The third-order valence-electron chi connectivity index (χ3n) is 3.55. The van der Waals surface area contributed by atoms with E-state index >= 15 is 0 Å². The van der Waals surface area contributed by atoms with Crippen LogP contribution in [0.15, 0.2) is 0 Å². The Hall–Kier alpha value is -0.0800. The Morgan fingerprint density at radius 1 is 1.27 bits per heavy atom. The minimum atomic E-state index is -0.195. The molecule has 0 aromatic heterocycles. The van der Waals surface area contributed by atoms with E-state index in [9.17, 15) is 0 Å². The van der Waals surface area contributed by atoms with Crippen LogP contribution in [-0.2, 0) is 4.74 Å². The molecule has 2 unspecified atom stereocenters. The van der Waals surface area contributed by atoms with E-state index < -0.39 is 0 Å². The maximum Gasteiger partial charge on any atom is 0.0773 e. The van der Waals surface area contributed by atoms with Crippen LogP contribution in [0.2, 0.25) is 0 Å². The number of nitrogens with two attached hydrogens (primary N) is 1. The van der Waals surface area contributed by atoms with E-state index in [1.54, 1.807) is 7.11 Å². The van der Waals surface area contributed by atoms with Crippen LogP contribution in [-0.4, -0.2) is 18.8 Å². The number of hydrogen-bond donors (Lipinski definition) is 1. The van der Waals surface area contributed by atoms with Gasteiger partial charge < -0.3 is 10.5 Å². The molecule has 2 nitrogen and oxygen atoms in total. The molecular formula is C13H29NO. The zero-order valence-electron chi connectivity index (χ0n) is 11.2. The molecule has 0 fully saturated rings. The third kappa shape index (κ3) is 5.53. The maximum absolute atomic E-state index is 6.19. The fourth-order valence-electron chi connectivity index (χ4n) is 1.78. The van der Waals surface area contributed by atoms with E-state index in [0.29, 0.717) is 0 Å². The number of methoxy groups -OCH3 is 1. The molecule has 0 heterocycles. The van der Waals surface area contributed by atoms with Crippen molar-refractivity contribution in [3.63, 3.8) is 0 Å². The van der Waals surface area contributed by atoms with Crippen LogP contribution in [0.1, 0.15) is 59.8 Å². The van der Waals surface area contributed by atoms with Crippen molar-refractivity contribution in [1.29, 1.82) is 0 Å². The van der Waals surface area contributed by atoms with Crippen LogP contribution in [0.5, 0.6) is 0 Å². The molecular weight excluding hydrogens is 186 g/mol. The minimum Gasteiger partial charge on any atom is -0.377 e. The van der Waals surface area contributed by atoms with Gasteiger partial charge in [0.05, 0.1) is 5.60 Å². The lowest BCUT2D eigenvalue weighted by atomic mass is 9.86. The Kier molecular flexibility index (Phi) is 7.20. The van der Waals surface area contributed by atoms with Gasteiger partial charge in [0.25, 0.3) is 0 Å². The first kappa shape index (κ1) is 14.9. The zero-order chi connectivity index (χ0) is 11.9. The van der Waals surface area contributed by atoms with E-state index in [4.69, 9.17) is 10.5 Å². The van der Waals surface area contributed by atoms with Crippen LogP contribution in [0.25, 0.3) is 0 Å². The lowest BCUT2D eigenvalue weighted by molar-refractivity contribution is -0.00603. The van der Waals surface area contributed by atoms with Crippen molar-refractivity contribution in [3.8, 4) is 0 Å². The van der Waals surface area contributed by atoms with E-state index in [1.165, 1.54) is 25.7 Å². The quantitative estimate of drug-likeness (QED) is 0.674. The molecule has 0 aromatic carbocycles. The van der Waals surface area contributed by atoms with Crippen LogP contribution < -0.4 is 5.73 Å². The van der Waals surface area contributed by atoms with Crippen LogP contribution >= 0.6 is 0 Å². The van der Waals surface area contributed by atoms with E-state index in [2.05, 4.69) is 27.7 Å². The molecule has 0 spiro atoms. The average molecular weight is 215 g/mol. The van der Waals surface area contributed by atoms with Crippen molar-refractivity contribution in [2.45, 2.75) is 71.4 Å². The van der Waals surface area contributed by atoms with Gasteiger partial charge in [-0.2, -0.15) is 0 Å². The summed E-state index contributed by atoms with van der Waals surface area (Å²) < 4.78 is 5.42. The number of ether oxygens (including phenoxy) is 1. The van der Waals surface area contributed by atoms with Crippen molar-refractivity contribution < 1.29 is 4.74 Å². The molecule has 0 aliphatic heterocycles. The van der Waals surface area contributed by atoms with Crippen molar-refractivity contribution in [2.24, 2.45) is 11.7 Å². The number of unbranched alkanes of at least 4 members (excludes halogenated alkanes) is 1. The third-order valence-corrected chi connectivity index (χ3v) is 3.55. The lowest BCUT2D eigenvalue weighted by Crippen LogP contribution is -2.45. The molecule has 15 heavy (non-hydrogen) atoms. The molecule has 0 amide bonds. The first-order chi connectivity index (χ1) is 6.97. The number of hydrogen-bond acceptors (Lipinski definition) is 2. The van der Waals surface area contributed by atoms with Crippen molar-refractivity contribution in [1.82, 2.24) is 0 Å². The molecule has 0 saturated heterocycles. The highest BCUT2D eigenvalue weighted by molar-refractivity contribution is 4.84. The Labute approximate surface area is 95.6 Å². The van der Waals surface area contributed by atoms with Gasteiger partial charge in [-0.3, -0.25) is 0 Å². The summed E-state index contributed by atoms with van der Waals surface area (Å²) in [6.07, 6.45) is 6.21. The summed E-state index contributed by atoms with van der Waals surface area (Å²) in [5, 5.41) is 0. The predicted octanol–water partition coefficient (Wildman–Crippen LogP) is 3.35. The highest BCUT2D eigenvalue weighted by Crippen LogP contribution is 2.23. The monoisotopic (exact) mass is 215 g/mol. The van der Waals surface area contributed by atoms with Crippen molar-refractivity contribution in [3.05, 3.63) is 0 Å². The van der Waals surface area contributed by atoms with E-state index in [-0.39, 0.29) is 11.6 Å². The molecule has 2 atom stereocenters. The molecule has 0 bridgehead atoms. The lowest BCUT2D eigenvalue weighted by Gasteiger charge is -2.32. The minimum absolute atomic E-state index is 0.143. The SMILES string of the molecule is CCCCC(CC)CC(N)C(C)(C)OC. The van der Waals surface area contributed by atoms with Crippen LogP contribution in [0, 0.1) is 5.92 Å². The van der Waals surface area contributed by atoms with Gasteiger partial charge in [-0.05, 0) is 26.2 Å². The summed E-state index contributed by atoms with van der Waals surface area (Å²) in [6.45, 7) is 8.65. The van der Waals surface area contributed by atoms with Gasteiger partial charge in [0.1, 0.15) is 0 Å². The first-order valence-corrected chi connectivity index (χ1v) is 6.28. The van der Waals surface area contributed by atoms with Gasteiger partial charge >= 0.3 is 0 Å². The second-order valence-corrected chi connectivity index (χ2v) is 5.07. The predicted molar refractivity (Wildman–Crippen MR) is 67.0 cm³/mol. The van der Waals surface area contributed by atoms with E-state index in [0.717, 1.165) is 12.3 Å². The smallest absolute Gasteiger partial charge is 0.0773 e. The molecule has 92 valence electrons. The van der Waals surface area contributed by atoms with Crippen molar-refractivity contribution in [2.75, 3.05) is 7.11 Å². The molecule has 0 rings (SSSR count). The van der Waals surface area contributed by atoms with Crippen molar-refractivity contribution >= 4 is 0 Å². The normalized spacial score (nSPS) is 16.4. The topological polar surface area (TPSA) is 35.2 Å². The second kappa shape index (κ2) is 7.24. The molecule has 0 saturated carbocycles. The molecule has 2 heteroatoms. The van der Waals surface area contributed by atoms with E-state index in [1.807, 2.05) is 0 Å². The van der Waals surface area contributed by atoms with Gasteiger partial charge in [-0.25, -0.2) is 0 Å². The van der Waals surface area contributed by atoms with Gasteiger partial charge in [-0.1, -0.05) is 39.5 Å². The molecule has 0 radical (unpaired) electrons. The second-order valence-electron chi connectivity index (χ2n) is 5.07. The molecule has 2 N–H and O–H groups in total. The van der Waals surface area contributed by atoms with Crippen LogP contribution in [0.4, 0.5) is 0 Å². The average Bonchev–Trinajstić information content (AvgIpc) is 2.23. The van der Waals surface area contributed by atoms with Gasteiger partial charge in [0, 0.05) is 13.2 Å². The molecule has 0 aliphatic carbocycles. The maximum atomic E-state index is 6.19. The highest BCUT2D eigenvalue weighted by Gasteiger charge is 2.27. The Morgan fingerprint density at radius 2 is 1.87 bits per heavy atom. The summed E-state index contributed by atoms with van der Waals surface area (Å²) in [4.78, 5) is 0. The largest absolute Gasteiger partial charge is 0.377 e. The number of rotatable bonds is 8. The molecule has 0 aromatic rings. The summed E-state index contributed by atoms with van der Waals surface area (Å²) >= 11 is 0. The Balaban J connectivity index is 4.05. The van der Waals surface area contributed by atoms with Crippen LogP contribution in [0.3, 0.4) is 0 Å². The standard InChI is InChI=1S/C13H29NO/c1-6-8-9-11(7-2)10-12(14)13(3,4)15-5/h11-12H,6-10,14H2,1-5H3. The zero-order valence-corrected chi connectivity index (χ0v) is 11.2. The Morgan fingerprint density at radius 3 is 2.27 bits per heavy atom. The first-order valence-electron chi connectivity index (χ1n) is 6.28. The van der Waals surface area contributed by atoms with Gasteiger partial charge in [0.2, 0.25) is 0 Å². The summed E-state index contributed by atoms with van der Waals surface area (Å²) in [7, 11) is 1.74. The van der Waals surface area contributed by atoms with Gasteiger partial charge in [0.15, 0.2) is 0 Å². The highest BCUT2D eigenvalue weighted by atomic mass is 16.5. The summed E-state index contributed by atoms with van der Waals surface area (Å²) in [5.74, 6) is 0.759.